The molecule has 0 radical (unpaired) electrons. The fourth-order valence-corrected chi connectivity index (χ4v) is 6.30. The third kappa shape index (κ3) is 5.52. The molecule has 2 saturated heterocycles. The van der Waals surface area contributed by atoms with Crippen molar-refractivity contribution in [1.29, 1.82) is 0 Å². The van der Waals surface area contributed by atoms with Crippen LogP contribution in [-0.4, -0.2) is 63.9 Å². The van der Waals surface area contributed by atoms with Gasteiger partial charge in [-0.05, 0) is 49.3 Å². The first-order chi connectivity index (χ1) is 12.6. The van der Waals surface area contributed by atoms with Crippen molar-refractivity contribution >= 4 is 25.8 Å². The first-order valence-electron chi connectivity index (χ1n) is 9.18. The lowest BCUT2D eigenvalue weighted by molar-refractivity contribution is 0.0941. The minimum atomic E-state index is -3.10. The summed E-state index contributed by atoms with van der Waals surface area (Å²) in [5, 5.41) is 2.79. The maximum atomic E-state index is 12.3. The summed E-state index contributed by atoms with van der Waals surface area (Å²) in [6.07, 6.45) is 4.26. The Kier molecular flexibility index (Phi) is 5.93. The zero-order valence-corrected chi connectivity index (χ0v) is 17.1. The second kappa shape index (κ2) is 7.89. The highest BCUT2D eigenvalue weighted by Crippen LogP contribution is 2.23. The standard InChI is InChI=1S/C18H26N2O5S2/c1-26(22,23)20-9-6-15(7-10-20)12-14-2-4-16(5-3-14)18(21)19-17-8-11-27(24,25)13-17/h2-5,15,17H,6-13H2,1H3,(H,19,21). The molecule has 0 spiro atoms. The second-order valence-corrected chi connectivity index (χ2v) is 11.8. The zero-order chi connectivity index (χ0) is 19.7. The van der Waals surface area contributed by atoms with E-state index in [4.69, 9.17) is 0 Å². The Balaban J connectivity index is 1.51. The van der Waals surface area contributed by atoms with Crippen LogP contribution in [-0.2, 0) is 26.3 Å². The third-order valence-corrected chi connectivity index (χ3v) is 8.42. The first kappa shape index (κ1) is 20.3. The number of hydrogen-bond acceptors (Lipinski definition) is 5. The van der Waals surface area contributed by atoms with Gasteiger partial charge in [0.2, 0.25) is 10.0 Å². The molecule has 1 aromatic rings. The molecule has 2 aliphatic rings. The molecular formula is C18H26N2O5S2. The van der Waals surface area contributed by atoms with Crippen molar-refractivity contribution in [2.75, 3.05) is 30.9 Å². The Bertz CT molecular complexity index is 886. The number of rotatable bonds is 5. The highest BCUT2D eigenvalue weighted by Gasteiger charge is 2.29. The van der Waals surface area contributed by atoms with Gasteiger partial charge in [-0.3, -0.25) is 4.79 Å². The average molecular weight is 415 g/mol. The molecule has 1 atom stereocenters. The topological polar surface area (TPSA) is 101 Å². The van der Waals surface area contributed by atoms with Crippen molar-refractivity contribution in [3.63, 3.8) is 0 Å². The number of carbonyl (C=O) groups is 1. The van der Waals surface area contributed by atoms with Crippen molar-refractivity contribution in [2.24, 2.45) is 5.92 Å². The molecule has 7 nitrogen and oxygen atoms in total. The number of nitrogens with one attached hydrogen (secondary N) is 1. The van der Waals surface area contributed by atoms with E-state index in [-0.39, 0.29) is 23.5 Å². The average Bonchev–Trinajstić information content (AvgIpc) is 2.93. The summed E-state index contributed by atoms with van der Waals surface area (Å²) in [4.78, 5) is 12.3. The summed E-state index contributed by atoms with van der Waals surface area (Å²) in [5.41, 5.74) is 1.64. The zero-order valence-electron chi connectivity index (χ0n) is 15.4. The van der Waals surface area contributed by atoms with Crippen molar-refractivity contribution in [3.8, 4) is 0 Å². The summed E-state index contributed by atoms with van der Waals surface area (Å²) < 4.78 is 47.6. The Morgan fingerprint density at radius 2 is 1.78 bits per heavy atom. The summed E-state index contributed by atoms with van der Waals surface area (Å²) in [5.74, 6) is 0.342. The number of nitrogens with zero attached hydrogens (tertiary/aromatic N) is 1. The van der Waals surface area contributed by atoms with Gasteiger partial charge >= 0.3 is 0 Å². The molecule has 27 heavy (non-hydrogen) atoms. The van der Waals surface area contributed by atoms with Crippen LogP contribution in [0.25, 0.3) is 0 Å². The number of hydrogen-bond donors (Lipinski definition) is 1. The van der Waals surface area contributed by atoms with Crippen LogP contribution in [0.2, 0.25) is 0 Å². The summed E-state index contributed by atoms with van der Waals surface area (Å²) in [6.45, 7) is 1.13. The number of piperidine rings is 1. The van der Waals surface area contributed by atoms with Crippen LogP contribution in [0.3, 0.4) is 0 Å². The number of benzene rings is 1. The molecule has 0 aliphatic carbocycles. The minimum Gasteiger partial charge on any atom is -0.348 e. The smallest absolute Gasteiger partial charge is 0.251 e. The molecule has 1 amide bonds. The van der Waals surface area contributed by atoms with Gasteiger partial charge in [-0.25, -0.2) is 21.1 Å². The maximum Gasteiger partial charge on any atom is 0.251 e. The van der Waals surface area contributed by atoms with Gasteiger partial charge in [0.1, 0.15) is 0 Å². The van der Waals surface area contributed by atoms with Crippen LogP contribution in [0.1, 0.15) is 35.2 Å². The van der Waals surface area contributed by atoms with E-state index < -0.39 is 19.9 Å². The molecule has 0 aromatic heterocycles. The molecule has 0 bridgehead atoms. The number of sulfone groups is 1. The predicted octanol–water partition coefficient (Wildman–Crippen LogP) is 0.818. The van der Waals surface area contributed by atoms with Crippen LogP contribution < -0.4 is 5.32 Å². The number of carbonyl (C=O) groups excluding carboxylic acids is 1. The molecule has 2 aliphatic heterocycles. The van der Waals surface area contributed by atoms with E-state index in [0.717, 1.165) is 24.8 Å². The van der Waals surface area contributed by atoms with Crippen molar-refractivity contribution in [3.05, 3.63) is 35.4 Å². The Morgan fingerprint density at radius 1 is 1.15 bits per heavy atom. The second-order valence-electron chi connectivity index (χ2n) is 7.58. The number of amides is 1. The van der Waals surface area contributed by atoms with Crippen molar-refractivity contribution in [1.82, 2.24) is 9.62 Å². The predicted molar refractivity (Wildman–Crippen MR) is 104 cm³/mol. The SMILES string of the molecule is CS(=O)(=O)N1CCC(Cc2ccc(C(=O)NC3CCS(=O)(=O)C3)cc2)CC1. The lowest BCUT2D eigenvalue weighted by Crippen LogP contribution is -2.38. The van der Waals surface area contributed by atoms with E-state index >= 15 is 0 Å². The van der Waals surface area contributed by atoms with Gasteiger partial charge in [0.05, 0.1) is 17.8 Å². The lowest BCUT2D eigenvalue weighted by Gasteiger charge is -2.30. The van der Waals surface area contributed by atoms with Crippen molar-refractivity contribution in [2.45, 2.75) is 31.7 Å². The Hall–Kier alpha value is -1.45. The van der Waals surface area contributed by atoms with E-state index in [9.17, 15) is 21.6 Å². The summed E-state index contributed by atoms with van der Waals surface area (Å²) in [6, 6.07) is 7.06. The molecule has 2 heterocycles. The van der Waals surface area contributed by atoms with Gasteiger partial charge in [-0.15, -0.1) is 0 Å². The molecule has 1 unspecified atom stereocenters. The van der Waals surface area contributed by atoms with E-state index in [1.54, 1.807) is 12.1 Å². The largest absolute Gasteiger partial charge is 0.348 e. The Labute approximate surface area is 161 Å². The van der Waals surface area contributed by atoms with Gasteiger partial charge in [0, 0.05) is 24.7 Å². The van der Waals surface area contributed by atoms with Gasteiger partial charge < -0.3 is 5.32 Å². The summed E-state index contributed by atoms with van der Waals surface area (Å²) >= 11 is 0. The minimum absolute atomic E-state index is 0.0169. The fourth-order valence-electron chi connectivity index (χ4n) is 3.75. The monoisotopic (exact) mass is 414 g/mol. The molecule has 9 heteroatoms. The van der Waals surface area contributed by atoms with Crippen LogP contribution in [0.4, 0.5) is 0 Å². The maximum absolute atomic E-state index is 12.3. The van der Waals surface area contributed by atoms with Crippen LogP contribution in [0, 0.1) is 5.92 Å². The van der Waals surface area contributed by atoms with E-state index in [0.29, 0.717) is 31.0 Å². The fraction of sp³-hybridized carbons (Fsp3) is 0.611. The third-order valence-electron chi connectivity index (χ3n) is 5.35. The van der Waals surface area contributed by atoms with Crippen LogP contribution in [0.15, 0.2) is 24.3 Å². The lowest BCUT2D eigenvalue weighted by atomic mass is 9.90. The first-order valence-corrected chi connectivity index (χ1v) is 12.8. The summed E-state index contributed by atoms with van der Waals surface area (Å²) in [7, 11) is -6.12. The van der Waals surface area contributed by atoms with Gasteiger partial charge in [0.25, 0.3) is 5.91 Å². The highest BCUT2D eigenvalue weighted by molar-refractivity contribution is 7.91. The van der Waals surface area contributed by atoms with Gasteiger partial charge in [-0.2, -0.15) is 0 Å². The van der Waals surface area contributed by atoms with Crippen LogP contribution in [0.5, 0.6) is 0 Å². The van der Waals surface area contributed by atoms with E-state index in [1.807, 2.05) is 12.1 Å². The quantitative estimate of drug-likeness (QED) is 0.769. The Morgan fingerprint density at radius 3 is 2.30 bits per heavy atom. The van der Waals surface area contributed by atoms with Gasteiger partial charge in [0.15, 0.2) is 9.84 Å². The van der Waals surface area contributed by atoms with Crippen molar-refractivity contribution < 1.29 is 21.6 Å². The molecular weight excluding hydrogens is 388 g/mol. The normalized spacial score (nSPS) is 24.0. The highest BCUT2D eigenvalue weighted by atomic mass is 32.2. The molecule has 150 valence electrons. The molecule has 1 N–H and O–H groups in total. The van der Waals surface area contributed by atoms with E-state index in [1.165, 1.54) is 10.6 Å². The van der Waals surface area contributed by atoms with Crippen LogP contribution >= 0.6 is 0 Å². The molecule has 3 rings (SSSR count). The molecule has 0 saturated carbocycles. The van der Waals surface area contributed by atoms with E-state index in [2.05, 4.69) is 5.32 Å². The molecule has 2 fully saturated rings. The van der Waals surface area contributed by atoms with Gasteiger partial charge in [-0.1, -0.05) is 12.1 Å². The number of sulfonamides is 1. The molecule has 1 aromatic carbocycles.